The number of aliphatic imine (C=N–C) groups is 1. The van der Waals surface area contributed by atoms with Crippen LogP contribution in [0.5, 0.6) is 0 Å². The molecule has 0 aromatic heterocycles. The quantitative estimate of drug-likeness (QED) is 0.608. The minimum atomic E-state index is 0.881. The second-order valence-electron chi connectivity index (χ2n) is 4.57. The summed E-state index contributed by atoms with van der Waals surface area (Å²) in [5.41, 5.74) is 6.84. The van der Waals surface area contributed by atoms with Gasteiger partial charge in [-0.05, 0) is 62.9 Å². The van der Waals surface area contributed by atoms with Crippen molar-refractivity contribution >= 4 is 11.9 Å². The van der Waals surface area contributed by atoms with E-state index in [0.29, 0.717) is 0 Å². The van der Waals surface area contributed by atoms with Crippen LogP contribution in [0, 0.1) is 20.8 Å². The molecular weight excluding hydrogens is 220 g/mol. The minimum Gasteiger partial charge on any atom is -0.356 e. The normalized spacial score (nSPS) is 11.9. The van der Waals surface area contributed by atoms with Gasteiger partial charge in [-0.2, -0.15) is 0 Å². The molecule has 0 saturated carbocycles. The van der Waals surface area contributed by atoms with Gasteiger partial charge in [-0.25, -0.2) is 0 Å². The molecule has 2 heteroatoms. The average molecular weight is 242 g/mol. The molecule has 0 radical (unpaired) electrons. The Bertz CT molecular complexity index is 508. The molecule has 1 N–H and O–H groups in total. The van der Waals surface area contributed by atoms with Crippen LogP contribution in [0.2, 0.25) is 0 Å². The summed E-state index contributed by atoms with van der Waals surface area (Å²) < 4.78 is 0. The van der Waals surface area contributed by atoms with E-state index in [1.54, 1.807) is 6.21 Å². The number of benzene rings is 1. The average Bonchev–Trinajstić information content (AvgIpc) is 2.32. The molecule has 0 fully saturated rings. The van der Waals surface area contributed by atoms with E-state index in [0.717, 1.165) is 17.0 Å². The molecule has 0 spiro atoms. The lowest BCUT2D eigenvalue weighted by Crippen LogP contribution is -2.02. The fourth-order valence-electron chi connectivity index (χ4n) is 1.62. The molecule has 0 aliphatic rings. The maximum Gasteiger partial charge on any atom is 0.0416 e. The van der Waals surface area contributed by atoms with Gasteiger partial charge in [0.1, 0.15) is 0 Å². The Morgan fingerprint density at radius 1 is 1.17 bits per heavy atom. The van der Waals surface area contributed by atoms with Crippen LogP contribution in [0.25, 0.3) is 0 Å². The maximum atomic E-state index is 4.10. The topological polar surface area (TPSA) is 24.4 Å². The Labute approximate surface area is 110 Å². The third-order valence-electron chi connectivity index (χ3n) is 3.02. The van der Waals surface area contributed by atoms with Crippen molar-refractivity contribution in [3.63, 3.8) is 0 Å². The number of aryl methyl sites for hydroxylation is 3. The SMILES string of the molecule is C=C(Nc1cc(C)c(C)cc1C)/C(C)=C/N=CC. The molecule has 96 valence electrons. The molecular formula is C16H22N2. The molecule has 1 aromatic rings. The van der Waals surface area contributed by atoms with Crippen molar-refractivity contribution in [1.29, 1.82) is 0 Å². The zero-order valence-corrected chi connectivity index (χ0v) is 12.0. The van der Waals surface area contributed by atoms with Crippen molar-refractivity contribution in [1.82, 2.24) is 0 Å². The first kappa shape index (κ1) is 14.2. The van der Waals surface area contributed by atoms with Gasteiger partial charge in [0.05, 0.1) is 0 Å². The van der Waals surface area contributed by atoms with Crippen molar-refractivity contribution in [2.75, 3.05) is 5.32 Å². The lowest BCUT2D eigenvalue weighted by molar-refractivity contribution is 1.26. The van der Waals surface area contributed by atoms with E-state index in [-0.39, 0.29) is 0 Å². The summed E-state index contributed by atoms with van der Waals surface area (Å²) in [4.78, 5) is 4.10. The predicted octanol–water partition coefficient (Wildman–Crippen LogP) is 4.53. The number of nitrogens with one attached hydrogen (secondary N) is 1. The van der Waals surface area contributed by atoms with E-state index in [2.05, 4.69) is 49.8 Å². The number of rotatable bonds is 4. The summed E-state index contributed by atoms with van der Waals surface area (Å²) in [6.45, 7) is 14.3. The van der Waals surface area contributed by atoms with E-state index in [1.165, 1.54) is 16.7 Å². The first-order valence-corrected chi connectivity index (χ1v) is 6.14. The van der Waals surface area contributed by atoms with E-state index in [4.69, 9.17) is 0 Å². The lowest BCUT2D eigenvalue weighted by atomic mass is 10.0. The highest BCUT2D eigenvalue weighted by Gasteiger charge is 2.03. The van der Waals surface area contributed by atoms with Gasteiger partial charge in [0.2, 0.25) is 0 Å². The molecule has 0 bridgehead atoms. The van der Waals surface area contributed by atoms with Crippen LogP contribution in [0.1, 0.15) is 30.5 Å². The van der Waals surface area contributed by atoms with Crippen LogP contribution in [0.3, 0.4) is 0 Å². The van der Waals surface area contributed by atoms with Crippen molar-refractivity contribution in [2.24, 2.45) is 4.99 Å². The second-order valence-corrected chi connectivity index (χ2v) is 4.57. The number of hydrogen-bond donors (Lipinski definition) is 1. The summed E-state index contributed by atoms with van der Waals surface area (Å²) in [6, 6.07) is 4.35. The van der Waals surface area contributed by atoms with Crippen LogP contribution in [0.4, 0.5) is 5.69 Å². The third-order valence-corrected chi connectivity index (χ3v) is 3.02. The molecule has 1 aromatic carbocycles. The molecule has 0 heterocycles. The maximum absolute atomic E-state index is 4.10. The molecule has 0 aliphatic heterocycles. The van der Waals surface area contributed by atoms with Gasteiger partial charge in [-0.15, -0.1) is 0 Å². The monoisotopic (exact) mass is 242 g/mol. The molecule has 0 saturated heterocycles. The Morgan fingerprint density at radius 3 is 2.39 bits per heavy atom. The predicted molar refractivity (Wildman–Crippen MR) is 81.3 cm³/mol. The van der Waals surface area contributed by atoms with Gasteiger partial charge in [0.15, 0.2) is 0 Å². The van der Waals surface area contributed by atoms with Gasteiger partial charge in [0, 0.05) is 23.8 Å². The lowest BCUT2D eigenvalue weighted by Gasteiger charge is -2.14. The zero-order valence-electron chi connectivity index (χ0n) is 12.0. The van der Waals surface area contributed by atoms with Crippen molar-refractivity contribution in [3.05, 3.63) is 52.9 Å². The molecule has 18 heavy (non-hydrogen) atoms. The largest absolute Gasteiger partial charge is 0.356 e. The highest BCUT2D eigenvalue weighted by molar-refractivity contribution is 5.60. The fourth-order valence-corrected chi connectivity index (χ4v) is 1.62. The van der Waals surface area contributed by atoms with E-state index in [1.807, 2.05) is 20.0 Å². The van der Waals surface area contributed by atoms with Crippen LogP contribution in [-0.4, -0.2) is 6.21 Å². The van der Waals surface area contributed by atoms with Gasteiger partial charge >= 0.3 is 0 Å². The number of anilines is 1. The van der Waals surface area contributed by atoms with Crippen LogP contribution in [0.15, 0.2) is 41.2 Å². The molecule has 0 aliphatic carbocycles. The highest BCUT2D eigenvalue weighted by atomic mass is 14.9. The van der Waals surface area contributed by atoms with E-state index in [9.17, 15) is 0 Å². The molecule has 2 nitrogen and oxygen atoms in total. The summed E-state index contributed by atoms with van der Waals surface area (Å²) in [5, 5.41) is 3.35. The van der Waals surface area contributed by atoms with Gasteiger partial charge in [0.25, 0.3) is 0 Å². The molecule has 0 amide bonds. The summed E-state index contributed by atoms with van der Waals surface area (Å²) in [5.74, 6) is 0. The van der Waals surface area contributed by atoms with Crippen molar-refractivity contribution in [2.45, 2.75) is 34.6 Å². The van der Waals surface area contributed by atoms with Crippen LogP contribution >= 0.6 is 0 Å². The number of nitrogens with zero attached hydrogens (tertiary/aromatic N) is 1. The zero-order chi connectivity index (χ0) is 13.7. The van der Waals surface area contributed by atoms with Gasteiger partial charge in [-0.3, -0.25) is 4.99 Å². The van der Waals surface area contributed by atoms with Crippen molar-refractivity contribution in [3.8, 4) is 0 Å². The molecule has 0 atom stereocenters. The van der Waals surface area contributed by atoms with Gasteiger partial charge < -0.3 is 5.32 Å². The fraction of sp³-hybridized carbons (Fsp3) is 0.312. The highest BCUT2D eigenvalue weighted by Crippen LogP contribution is 2.22. The summed E-state index contributed by atoms with van der Waals surface area (Å²) in [6.07, 6.45) is 3.57. The second kappa shape index (κ2) is 6.20. The summed E-state index contributed by atoms with van der Waals surface area (Å²) in [7, 11) is 0. The Kier molecular flexibility index (Phi) is 4.90. The Morgan fingerprint density at radius 2 is 1.78 bits per heavy atom. The Hall–Kier alpha value is -1.83. The number of hydrogen-bond acceptors (Lipinski definition) is 2. The smallest absolute Gasteiger partial charge is 0.0416 e. The first-order valence-electron chi connectivity index (χ1n) is 6.14. The molecule has 1 rings (SSSR count). The third kappa shape index (κ3) is 3.59. The first-order chi connectivity index (χ1) is 8.45. The van der Waals surface area contributed by atoms with E-state index < -0.39 is 0 Å². The minimum absolute atomic E-state index is 0.881. The molecule has 0 unspecified atom stereocenters. The summed E-state index contributed by atoms with van der Waals surface area (Å²) >= 11 is 0. The van der Waals surface area contributed by atoms with Gasteiger partial charge in [-0.1, -0.05) is 12.6 Å². The standard InChI is InChI=1S/C16H22N2/c1-7-17-10-14(5)15(6)18-16-9-12(3)11(2)8-13(16)4/h7-10,18H,6H2,1-5H3/b14-10+,17-7?. The van der Waals surface area contributed by atoms with Crippen LogP contribution in [-0.2, 0) is 0 Å². The van der Waals surface area contributed by atoms with Crippen LogP contribution < -0.4 is 5.32 Å². The Balaban J connectivity index is 2.92. The van der Waals surface area contributed by atoms with Crippen molar-refractivity contribution < 1.29 is 0 Å². The number of allylic oxidation sites excluding steroid dienone is 1. The van der Waals surface area contributed by atoms with E-state index >= 15 is 0 Å².